The van der Waals surface area contributed by atoms with Gasteiger partial charge in [-0.2, -0.15) is 0 Å². The van der Waals surface area contributed by atoms with Crippen LogP contribution in [0.15, 0.2) is 12.5 Å². The fourth-order valence-electron chi connectivity index (χ4n) is 1.65. The fraction of sp³-hybridized carbons (Fsp3) is 0.500. The van der Waals surface area contributed by atoms with Gasteiger partial charge in [0.1, 0.15) is 17.7 Å². The van der Waals surface area contributed by atoms with Gasteiger partial charge in [-0.15, -0.1) is 0 Å². The molecule has 2 rings (SSSR count). The van der Waals surface area contributed by atoms with Crippen LogP contribution in [0.4, 0.5) is 0 Å². The van der Waals surface area contributed by atoms with Crippen molar-refractivity contribution in [2.75, 3.05) is 0 Å². The molecule has 0 radical (unpaired) electrons. The minimum atomic E-state index is 0.504. The highest BCUT2D eigenvalue weighted by Gasteiger charge is 2.11. The van der Waals surface area contributed by atoms with Crippen molar-refractivity contribution >= 4 is 11.2 Å². The molecule has 0 bridgehead atoms. The predicted octanol–water partition coefficient (Wildman–Crippen LogP) is 2.26. The Kier molecular flexibility index (Phi) is 2.43. The zero-order chi connectivity index (χ0) is 9.97. The zero-order valence-electron chi connectivity index (χ0n) is 8.49. The van der Waals surface area contributed by atoms with Crippen LogP contribution in [0, 0.1) is 0 Å². The van der Waals surface area contributed by atoms with E-state index in [9.17, 15) is 0 Å². The van der Waals surface area contributed by atoms with E-state index < -0.39 is 0 Å². The molecule has 1 N–H and O–H groups in total. The van der Waals surface area contributed by atoms with Crippen LogP contribution in [0.3, 0.4) is 0 Å². The topological polar surface area (TPSA) is 54.5 Å². The first-order valence-corrected chi connectivity index (χ1v) is 5.00. The molecule has 2 aromatic rings. The molecule has 0 fully saturated rings. The van der Waals surface area contributed by atoms with Gasteiger partial charge in [0, 0.05) is 5.92 Å². The highest BCUT2D eigenvalue weighted by Crippen LogP contribution is 2.21. The van der Waals surface area contributed by atoms with Crippen molar-refractivity contribution in [3.8, 4) is 0 Å². The minimum absolute atomic E-state index is 0.504. The SMILES string of the molecule is CCC(CC)c1nc2ncncc2[nH]1. The molecule has 0 aromatic carbocycles. The Morgan fingerprint density at radius 2 is 2.14 bits per heavy atom. The van der Waals surface area contributed by atoms with Crippen LogP contribution in [0.1, 0.15) is 38.4 Å². The van der Waals surface area contributed by atoms with E-state index in [0.717, 1.165) is 29.8 Å². The first kappa shape index (κ1) is 9.12. The number of nitrogens with zero attached hydrogens (tertiary/aromatic N) is 3. The van der Waals surface area contributed by atoms with E-state index in [-0.39, 0.29) is 0 Å². The van der Waals surface area contributed by atoms with Gasteiger partial charge >= 0.3 is 0 Å². The number of aromatic nitrogens is 4. The number of imidazole rings is 1. The molecule has 0 aliphatic heterocycles. The van der Waals surface area contributed by atoms with Gasteiger partial charge in [-0.1, -0.05) is 13.8 Å². The molecule has 4 heteroatoms. The van der Waals surface area contributed by atoms with Gasteiger partial charge in [0.2, 0.25) is 0 Å². The Labute approximate surface area is 82.8 Å². The summed E-state index contributed by atoms with van der Waals surface area (Å²) in [5, 5.41) is 0. The Hall–Kier alpha value is -1.45. The van der Waals surface area contributed by atoms with Crippen molar-refractivity contribution in [3.63, 3.8) is 0 Å². The summed E-state index contributed by atoms with van der Waals surface area (Å²) in [6, 6.07) is 0. The number of hydrogen-bond acceptors (Lipinski definition) is 3. The van der Waals surface area contributed by atoms with E-state index >= 15 is 0 Å². The first-order valence-electron chi connectivity index (χ1n) is 5.00. The van der Waals surface area contributed by atoms with Gasteiger partial charge in [-0.3, -0.25) is 0 Å². The lowest BCUT2D eigenvalue weighted by Crippen LogP contribution is -1.97. The molecule has 0 aliphatic rings. The van der Waals surface area contributed by atoms with Crippen LogP contribution in [-0.4, -0.2) is 19.9 Å². The van der Waals surface area contributed by atoms with Gasteiger partial charge in [0.25, 0.3) is 0 Å². The number of hydrogen-bond donors (Lipinski definition) is 1. The number of fused-ring (bicyclic) bond motifs is 1. The van der Waals surface area contributed by atoms with Crippen molar-refractivity contribution in [2.45, 2.75) is 32.6 Å². The van der Waals surface area contributed by atoms with Crippen molar-refractivity contribution in [2.24, 2.45) is 0 Å². The van der Waals surface area contributed by atoms with E-state index in [1.807, 2.05) is 0 Å². The molecule has 0 amide bonds. The van der Waals surface area contributed by atoms with Crippen LogP contribution >= 0.6 is 0 Å². The molecular formula is C10H14N4. The van der Waals surface area contributed by atoms with Crippen LogP contribution in [0.5, 0.6) is 0 Å². The van der Waals surface area contributed by atoms with Gasteiger partial charge in [-0.25, -0.2) is 15.0 Å². The molecule has 0 aliphatic carbocycles. The van der Waals surface area contributed by atoms with E-state index in [4.69, 9.17) is 0 Å². The molecular weight excluding hydrogens is 176 g/mol. The molecule has 0 spiro atoms. The molecule has 4 nitrogen and oxygen atoms in total. The van der Waals surface area contributed by atoms with Crippen LogP contribution in [0.25, 0.3) is 11.2 Å². The third-order valence-electron chi connectivity index (χ3n) is 2.55. The number of H-pyrrole nitrogens is 1. The third-order valence-corrected chi connectivity index (χ3v) is 2.55. The average molecular weight is 190 g/mol. The molecule has 2 aromatic heterocycles. The van der Waals surface area contributed by atoms with E-state index in [1.165, 1.54) is 6.33 Å². The second-order valence-corrected chi connectivity index (χ2v) is 3.40. The van der Waals surface area contributed by atoms with E-state index in [1.54, 1.807) is 6.20 Å². The summed E-state index contributed by atoms with van der Waals surface area (Å²) < 4.78 is 0. The zero-order valence-corrected chi connectivity index (χ0v) is 8.49. The van der Waals surface area contributed by atoms with E-state index in [2.05, 4.69) is 33.8 Å². The Morgan fingerprint density at radius 3 is 2.79 bits per heavy atom. The van der Waals surface area contributed by atoms with Gasteiger partial charge in [-0.05, 0) is 12.8 Å². The number of aromatic amines is 1. The quantitative estimate of drug-likeness (QED) is 0.807. The molecule has 0 saturated heterocycles. The van der Waals surface area contributed by atoms with Crippen molar-refractivity contribution in [3.05, 3.63) is 18.3 Å². The van der Waals surface area contributed by atoms with Crippen LogP contribution < -0.4 is 0 Å². The summed E-state index contributed by atoms with van der Waals surface area (Å²) in [6.07, 6.45) is 5.49. The maximum absolute atomic E-state index is 4.45. The largest absolute Gasteiger partial charge is 0.339 e. The molecule has 14 heavy (non-hydrogen) atoms. The standard InChI is InChI=1S/C10H14N4/c1-3-7(4-2)9-13-8-5-11-6-12-10(8)14-9/h5-7H,3-4H2,1-2H3,(H,11,12,13,14). The summed E-state index contributed by atoms with van der Waals surface area (Å²) in [7, 11) is 0. The Bertz CT molecular complexity index is 384. The summed E-state index contributed by atoms with van der Waals surface area (Å²) in [6.45, 7) is 4.35. The maximum atomic E-state index is 4.45. The van der Waals surface area contributed by atoms with E-state index in [0.29, 0.717) is 5.92 Å². The Balaban J connectivity index is 2.43. The third kappa shape index (κ3) is 1.47. The molecule has 0 saturated carbocycles. The Morgan fingerprint density at radius 1 is 1.36 bits per heavy atom. The monoisotopic (exact) mass is 190 g/mol. The molecule has 74 valence electrons. The predicted molar refractivity (Wildman–Crippen MR) is 55.0 cm³/mol. The maximum Gasteiger partial charge on any atom is 0.180 e. The number of rotatable bonds is 3. The number of nitrogens with one attached hydrogen (secondary N) is 1. The van der Waals surface area contributed by atoms with Crippen LogP contribution in [-0.2, 0) is 0 Å². The lowest BCUT2D eigenvalue weighted by Gasteiger charge is -2.06. The summed E-state index contributed by atoms with van der Waals surface area (Å²) >= 11 is 0. The van der Waals surface area contributed by atoms with Crippen molar-refractivity contribution < 1.29 is 0 Å². The molecule has 2 heterocycles. The van der Waals surface area contributed by atoms with Crippen molar-refractivity contribution in [1.82, 2.24) is 19.9 Å². The minimum Gasteiger partial charge on any atom is -0.339 e. The second kappa shape index (κ2) is 3.74. The summed E-state index contributed by atoms with van der Waals surface area (Å²) in [4.78, 5) is 15.8. The van der Waals surface area contributed by atoms with Crippen molar-refractivity contribution in [1.29, 1.82) is 0 Å². The summed E-state index contributed by atoms with van der Waals surface area (Å²) in [5.74, 6) is 1.54. The molecule has 0 atom stereocenters. The smallest absolute Gasteiger partial charge is 0.180 e. The highest BCUT2D eigenvalue weighted by atomic mass is 15.0. The van der Waals surface area contributed by atoms with Gasteiger partial charge in [0.05, 0.1) is 6.20 Å². The lowest BCUT2D eigenvalue weighted by molar-refractivity contribution is 0.611. The molecule has 0 unspecified atom stereocenters. The summed E-state index contributed by atoms with van der Waals surface area (Å²) in [5.41, 5.74) is 1.69. The fourth-order valence-corrected chi connectivity index (χ4v) is 1.65. The first-order chi connectivity index (χ1) is 6.85. The highest BCUT2D eigenvalue weighted by molar-refractivity contribution is 5.68. The van der Waals surface area contributed by atoms with Crippen LogP contribution in [0.2, 0.25) is 0 Å². The lowest BCUT2D eigenvalue weighted by atomic mass is 10.0. The average Bonchev–Trinajstić information content (AvgIpc) is 2.63. The second-order valence-electron chi connectivity index (χ2n) is 3.40. The normalized spacial score (nSPS) is 11.4. The van der Waals surface area contributed by atoms with Gasteiger partial charge in [0.15, 0.2) is 5.65 Å². The van der Waals surface area contributed by atoms with Gasteiger partial charge < -0.3 is 4.98 Å².